The van der Waals surface area contributed by atoms with E-state index in [-0.39, 0.29) is 11.7 Å². The van der Waals surface area contributed by atoms with Crippen molar-refractivity contribution in [3.05, 3.63) is 35.9 Å². The Kier molecular flexibility index (Phi) is 5.33. The van der Waals surface area contributed by atoms with Crippen LogP contribution in [-0.4, -0.2) is 29.2 Å². The first kappa shape index (κ1) is 14.8. The highest BCUT2D eigenvalue weighted by molar-refractivity contribution is 5.96. The number of hydrogen-bond donors (Lipinski definition) is 0. The molecule has 1 aliphatic heterocycles. The number of hydrogen-bond acceptors (Lipinski definition) is 2. The Balaban J connectivity index is 1.76. The molecule has 0 aliphatic carbocycles. The average molecular weight is 273 g/mol. The second kappa shape index (κ2) is 7.22. The van der Waals surface area contributed by atoms with Gasteiger partial charge in [-0.25, -0.2) is 0 Å². The molecule has 0 radical (unpaired) electrons. The van der Waals surface area contributed by atoms with Gasteiger partial charge in [0.05, 0.1) is 0 Å². The minimum atomic E-state index is 0.131. The van der Waals surface area contributed by atoms with Crippen molar-refractivity contribution in [3.63, 3.8) is 0 Å². The molecule has 0 spiro atoms. The normalized spacial score (nSPS) is 18.2. The summed E-state index contributed by atoms with van der Waals surface area (Å²) >= 11 is 0. The summed E-state index contributed by atoms with van der Waals surface area (Å²) in [6.45, 7) is 3.03. The van der Waals surface area contributed by atoms with Gasteiger partial charge in [-0.05, 0) is 25.7 Å². The molecule has 1 aromatic rings. The van der Waals surface area contributed by atoms with Crippen molar-refractivity contribution in [2.45, 2.75) is 51.5 Å². The lowest BCUT2D eigenvalue weighted by Gasteiger charge is -2.23. The predicted molar refractivity (Wildman–Crippen MR) is 79.6 cm³/mol. The highest BCUT2D eigenvalue weighted by atomic mass is 16.2. The third kappa shape index (κ3) is 3.69. The monoisotopic (exact) mass is 273 g/mol. The van der Waals surface area contributed by atoms with Crippen molar-refractivity contribution < 1.29 is 9.59 Å². The van der Waals surface area contributed by atoms with Crippen molar-refractivity contribution in [1.29, 1.82) is 0 Å². The zero-order valence-corrected chi connectivity index (χ0v) is 12.2. The largest absolute Gasteiger partial charge is 0.340 e. The first-order valence-corrected chi connectivity index (χ1v) is 7.60. The molecule has 0 saturated carbocycles. The number of Topliss-reactive ketones (excluding diaryl/α,β-unsaturated/α-hetero) is 1. The molecule has 3 heteroatoms. The second-order valence-electron chi connectivity index (χ2n) is 5.43. The number of likely N-dealkylation sites (tertiary alicyclic amines) is 1. The number of amides is 1. The SMILES string of the molecule is CCC1CCCN1C(=O)CCCC(=O)c1ccccc1. The summed E-state index contributed by atoms with van der Waals surface area (Å²) in [5.74, 6) is 0.349. The van der Waals surface area contributed by atoms with Crippen molar-refractivity contribution in [2.75, 3.05) is 6.54 Å². The third-order valence-corrected chi connectivity index (χ3v) is 4.06. The van der Waals surface area contributed by atoms with Gasteiger partial charge in [0.2, 0.25) is 5.91 Å². The quantitative estimate of drug-likeness (QED) is 0.745. The van der Waals surface area contributed by atoms with Crippen LogP contribution in [-0.2, 0) is 4.79 Å². The summed E-state index contributed by atoms with van der Waals surface area (Å²) in [5.41, 5.74) is 0.743. The van der Waals surface area contributed by atoms with E-state index in [9.17, 15) is 9.59 Å². The highest BCUT2D eigenvalue weighted by Crippen LogP contribution is 2.21. The number of carbonyl (C=O) groups is 2. The molecule has 1 aromatic carbocycles. The Hall–Kier alpha value is -1.64. The second-order valence-corrected chi connectivity index (χ2v) is 5.43. The van der Waals surface area contributed by atoms with E-state index in [2.05, 4.69) is 6.92 Å². The van der Waals surface area contributed by atoms with Gasteiger partial charge in [-0.3, -0.25) is 9.59 Å². The summed E-state index contributed by atoms with van der Waals surface area (Å²) in [5, 5.41) is 0. The van der Waals surface area contributed by atoms with Gasteiger partial charge in [-0.15, -0.1) is 0 Å². The number of ketones is 1. The molecule has 1 unspecified atom stereocenters. The van der Waals surface area contributed by atoms with Gasteiger partial charge in [-0.1, -0.05) is 37.3 Å². The highest BCUT2D eigenvalue weighted by Gasteiger charge is 2.26. The van der Waals surface area contributed by atoms with Crippen molar-refractivity contribution in [3.8, 4) is 0 Å². The number of benzene rings is 1. The molecule has 20 heavy (non-hydrogen) atoms. The van der Waals surface area contributed by atoms with E-state index in [0.717, 1.165) is 31.4 Å². The average Bonchev–Trinajstić information content (AvgIpc) is 2.96. The molecule has 0 bridgehead atoms. The Bertz CT molecular complexity index is 455. The minimum Gasteiger partial charge on any atom is -0.340 e. The minimum absolute atomic E-state index is 0.131. The molecule has 108 valence electrons. The van der Waals surface area contributed by atoms with Crippen LogP contribution < -0.4 is 0 Å². The van der Waals surface area contributed by atoms with Gasteiger partial charge in [0.25, 0.3) is 0 Å². The molecule has 1 atom stereocenters. The maximum atomic E-state index is 12.1. The smallest absolute Gasteiger partial charge is 0.222 e. The van der Waals surface area contributed by atoms with Gasteiger partial charge in [0.15, 0.2) is 5.78 Å². The fraction of sp³-hybridized carbons (Fsp3) is 0.529. The van der Waals surface area contributed by atoms with Crippen LogP contribution in [0.3, 0.4) is 0 Å². The Morgan fingerprint density at radius 1 is 1.20 bits per heavy atom. The van der Waals surface area contributed by atoms with Crippen molar-refractivity contribution in [1.82, 2.24) is 4.90 Å². The van der Waals surface area contributed by atoms with E-state index in [0.29, 0.717) is 25.3 Å². The molecule has 1 amide bonds. The van der Waals surface area contributed by atoms with E-state index in [1.807, 2.05) is 35.2 Å². The lowest BCUT2D eigenvalue weighted by Crippen LogP contribution is -2.34. The maximum Gasteiger partial charge on any atom is 0.222 e. The van der Waals surface area contributed by atoms with Gasteiger partial charge in [0, 0.05) is 31.0 Å². The van der Waals surface area contributed by atoms with Crippen LogP contribution in [0, 0.1) is 0 Å². The Labute approximate surface area is 121 Å². The molecule has 0 N–H and O–H groups in total. The zero-order chi connectivity index (χ0) is 14.4. The van der Waals surface area contributed by atoms with Gasteiger partial charge in [0.1, 0.15) is 0 Å². The standard InChI is InChI=1S/C17H23NO2/c1-2-15-10-7-13-18(15)17(20)12-6-11-16(19)14-8-4-3-5-9-14/h3-5,8-9,15H,2,6-7,10-13H2,1H3. The van der Waals surface area contributed by atoms with Crippen LogP contribution in [0.2, 0.25) is 0 Å². The first-order valence-electron chi connectivity index (χ1n) is 7.60. The fourth-order valence-electron chi connectivity index (χ4n) is 2.90. The van der Waals surface area contributed by atoms with E-state index in [4.69, 9.17) is 0 Å². The number of nitrogens with zero attached hydrogens (tertiary/aromatic N) is 1. The summed E-state index contributed by atoms with van der Waals surface area (Å²) in [4.78, 5) is 26.1. The molecule has 2 rings (SSSR count). The van der Waals surface area contributed by atoms with Gasteiger partial charge < -0.3 is 4.90 Å². The van der Waals surface area contributed by atoms with E-state index in [1.165, 1.54) is 0 Å². The van der Waals surface area contributed by atoms with E-state index < -0.39 is 0 Å². The molecule has 1 saturated heterocycles. The lowest BCUT2D eigenvalue weighted by molar-refractivity contribution is -0.132. The van der Waals surface area contributed by atoms with Crippen LogP contribution in [0.15, 0.2) is 30.3 Å². The van der Waals surface area contributed by atoms with E-state index >= 15 is 0 Å². The molecule has 1 heterocycles. The maximum absolute atomic E-state index is 12.1. The van der Waals surface area contributed by atoms with Crippen LogP contribution in [0.25, 0.3) is 0 Å². The van der Waals surface area contributed by atoms with Gasteiger partial charge >= 0.3 is 0 Å². The first-order chi connectivity index (χ1) is 9.72. The zero-order valence-electron chi connectivity index (χ0n) is 12.2. The molecule has 0 aromatic heterocycles. The Morgan fingerprint density at radius 3 is 2.65 bits per heavy atom. The van der Waals surface area contributed by atoms with Crippen molar-refractivity contribution >= 4 is 11.7 Å². The lowest BCUT2D eigenvalue weighted by atomic mass is 10.1. The number of rotatable bonds is 6. The summed E-state index contributed by atoms with van der Waals surface area (Å²) < 4.78 is 0. The fourth-order valence-corrected chi connectivity index (χ4v) is 2.90. The Morgan fingerprint density at radius 2 is 1.95 bits per heavy atom. The van der Waals surface area contributed by atoms with E-state index in [1.54, 1.807) is 0 Å². The predicted octanol–water partition coefficient (Wildman–Crippen LogP) is 3.44. The molecular weight excluding hydrogens is 250 g/mol. The third-order valence-electron chi connectivity index (χ3n) is 4.06. The number of carbonyl (C=O) groups excluding carboxylic acids is 2. The van der Waals surface area contributed by atoms with Gasteiger partial charge in [-0.2, -0.15) is 0 Å². The molecule has 3 nitrogen and oxygen atoms in total. The van der Waals surface area contributed by atoms with Crippen LogP contribution >= 0.6 is 0 Å². The van der Waals surface area contributed by atoms with Crippen LogP contribution in [0.1, 0.15) is 55.8 Å². The molecule has 1 fully saturated rings. The molecular formula is C17H23NO2. The van der Waals surface area contributed by atoms with Crippen LogP contribution in [0.5, 0.6) is 0 Å². The van der Waals surface area contributed by atoms with Crippen molar-refractivity contribution in [2.24, 2.45) is 0 Å². The molecule has 1 aliphatic rings. The summed E-state index contributed by atoms with van der Waals surface area (Å²) in [6.07, 6.45) is 4.89. The summed E-state index contributed by atoms with van der Waals surface area (Å²) in [6, 6.07) is 9.73. The van der Waals surface area contributed by atoms with Crippen LogP contribution in [0.4, 0.5) is 0 Å². The topological polar surface area (TPSA) is 37.4 Å². The summed E-state index contributed by atoms with van der Waals surface area (Å²) in [7, 11) is 0.